The van der Waals surface area contributed by atoms with Gasteiger partial charge in [-0.2, -0.15) is 11.3 Å². The first-order valence-corrected chi connectivity index (χ1v) is 3.61. The van der Waals surface area contributed by atoms with Gasteiger partial charge in [0, 0.05) is 0 Å². The molecule has 3 heteroatoms. The molecule has 0 fully saturated rings. The maximum Gasteiger partial charge on any atom is 0.198 e. The molecule has 0 saturated carbocycles. The first-order valence-electron chi connectivity index (χ1n) is 1.94. The summed E-state index contributed by atoms with van der Waals surface area (Å²) >= 11 is 4.78. The van der Waals surface area contributed by atoms with Gasteiger partial charge in [-0.05, 0) is 27.4 Å². The average molecular weight is 188 g/mol. The molecule has 0 atom stereocenters. The van der Waals surface area contributed by atoms with Gasteiger partial charge in [-0.1, -0.05) is 0 Å². The maximum atomic E-state index is 6.57. The van der Waals surface area contributed by atoms with Crippen molar-refractivity contribution < 1.29 is 0 Å². The van der Waals surface area contributed by atoms with E-state index in [1.54, 1.807) is 6.07 Å². The lowest BCUT2D eigenvalue weighted by Gasteiger charge is -1.67. The summed E-state index contributed by atoms with van der Waals surface area (Å²) in [7, 11) is 0. The van der Waals surface area contributed by atoms with E-state index in [2.05, 4.69) is 20.8 Å². The Labute approximate surface area is 59.9 Å². The molecule has 0 bridgehead atoms. The van der Waals surface area contributed by atoms with Crippen LogP contribution in [0.5, 0.6) is 0 Å². The summed E-state index contributed by atoms with van der Waals surface area (Å²) in [4.78, 5) is 3.22. The predicted octanol–water partition coefficient (Wildman–Crippen LogP) is 3.06. The fourth-order valence-electron chi connectivity index (χ4n) is 0.360. The van der Waals surface area contributed by atoms with Crippen LogP contribution in [0, 0.1) is 6.57 Å². The van der Waals surface area contributed by atoms with E-state index >= 15 is 0 Å². The highest BCUT2D eigenvalue weighted by atomic mass is 79.9. The van der Waals surface area contributed by atoms with Crippen molar-refractivity contribution in [2.45, 2.75) is 0 Å². The van der Waals surface area contributed by atoms with Gasteiger partial charge < -0.3 is 0 Å². The van der Waals surface area contributed by atoms with E-state index in [4.69, 9.17) is 6.57 Å². The van der Waals surface area contributed by atoms with E-state index in [-0.39, 0.29) is 0 Å². The summed E-state index contributed by atoms with van der Waals surface area (Å²) < 4.78 is 1.02. The number of halogens is 1. The number of hydrogen-bond donors (Lipinski definition) is 0. The third-order valence-electron chi connectivity index (χ3n) is 0.683. The van der Waals surface area contributed by atoms with Crippen LogP contribution in [0.2, 0.25) is 0 Å². The molecule has 0 N–H and O–H groups in total. The van der Waals surface area contributed by atoms with Crippen LogP contribution < -0.4 is 0 Å². The topological polar surface area (TPSA) is 4.36 Å². The Morgan fingerprint density at radius 2 is 2.50 bits per heavy atom. The monoisotopic (exact) mass is 187 g/mol. The van der Waals surface area contributed by atoms with Gasteiger partial charge >= 0.3 is 0 Å². The third kappa shape index (κ3) is 1.09. The highest BCUT2D eigenvalue weighted by molar-refractivity contribution is 9.11. The molecule has 0 amide bonds. The molecular weight excluding hydrogens is 186 g/mol. The Hall–Kier alpha value is -0.330. The Balaban J connectivity index is 3.05. The molecule has 8 heavy (non-hydrogen) atoms. The minimum atomic E-state index is 0.710. The summed E-state index contributed by atoms with van der Waals surface area (Å²) in [5, 5.41) is 1.82. The quantitative estimate of drug-likeness (QED) is 0.551. The van der Waals surface area contributed by atoms with Crippen LogP contribution in [0.15, 0.2) is 15.2 Å². The van der Waals surface area contributed by atoms with Gasteiger partial charge in [0.15, 0.2) is 5.69 Å². The molecule has 0 aliphatic rings. The zero-order chi connectivity index (χ0) is 5.98. The van der Waals surface area contributed by atoms with Crippen molar-refractivity contribution in [3.05, 3.63) is 26.6 Å². The first kappa shape index (κ1) is 5.80. The minimum absolute atomic E-state index is 0.710. The molecule has 1 nitrogen and oxygen atoms in total. The number of rotatable bonds is 0. The van der Waals surface area contributed by atoms with Crippen LogP contribution in [0.3, 0.4) is 0 Å². The van der Waals surface area contributed by atoms with E-state index < -0.39 is 0 Å². The molecule has 0 spiro atoms. The van der Waals surface area contributed by atoms with Crippen LogP contribution in [0.25, 0.3) is 4.85 Å². The van der Waals surface area contributed by atoms with E-state index in [0.29, 0.717) is 5.69 Å². The molecule has 1 aromatic rings. The van der Waals surface area contributed by atoms with Crippen LogP contribution in [-0.2, 0) is 0 Å². The molecule has 0 saturated heterocycles. The first-order chi connectivity index (χ1) is 3.83. The van der Waals surface area contributed by atoms with E-state index in [0.717, 1.165) is 3.79 Å². The second kappa shape index (κ2) is 2.29. The highest BCUT2D eigenvalue weighted by Gasteiger charge is 1.91. The standard InChI is InChI=1S/C5H2BrNS/c1-7-4-2-5(6)8-3-4/h2-3H. The summed E-state index contributed by atoms with van der Waals surface area (Å²) in [5.74, 6) is 0. The molecule has 1 heterocycles. The zero-order valence-corrected chi connectivity index (χ0v) is 6.29. The summed E-state index contributed by atoms with van der Waals surface area (Å²) in [6.07, 6.45) is 0. The lowest BCUT2D eigenvalue weighted by atomic mass is 10.6. The van der Waals surface area contributed by atoms with Gasteiger partial charge in [-0.3, -0.25) is 0 Å². The maximum absolute atomic E-state index is 6.57. The molecule has 0 aliphatic heterocycles. The summed E-state index contributed by atoms with van der Waals surface area (Å²) in [6, 6.07) is 1.80. The van der Waals surface area contributed by atoms with Crippen LogP contribution in [-0.4, -0.2) is 0 Å². The largest absolute Gasteiger partial charge is 0.237 e. The lowest BCUT2D eigenvalue weighted by molar-refractivity contribution is 1.93. The van der Waals surface area contributed by atoms with Crippen molar-refractivity contribution in [2.75, 3.05) is 0 Å². The fraction of sp³-hybridized carbons (Fsp3) is 0. The van der Waals surface area contributed by atoms with Gasteiger partial charge in [0.05, 0.1) is 10.4 Å². The van der Waals surface area contributed by atoms with Crippen molar-refractivity contribution in [3.8, 4) is 0 Å². The van der Waals surface area contributed by atoms with E-state index in [1.165, 1.54) is 11.3 Å². The number of hydrogen-bond acceptors (Lipinski definition) is 1. The van der Waals surface area contributed by atoms with Gasteiger partial charge in [0.2, 0.25) is 0 Å². The number of nitrogens with zero attached hydrogens (tertiary/aromatic N) is 1. The van der Waals surface area contributed by atoms with Crippen molar-refractivity contribution in [2.24, 2.45) is 0 Å². The molecular formula is C5H2BrNS. The van der Waals surface area contributed by atoms with Crippen LogP contribution in [0.1, 0.15) is 0 Å². The molecule has 1 rings (SSSR count). The van der Waals surface area contributed by atoms with Crippen molar-refractivity contribution >= 4 is 33.0 Å². The minimum Gasteiger partial charge on any atom is -0.237 e. The third-order valence-corrected chi connectivity index (χ3v) is 2.17. The second-order valence-corrected chi connectivity index (χ2v) is 3.51. The Kier molecular flexibility index (Phi) is 1.66. The molecule has 0 unspecified atom stereocenters. The van der Waals surface area contributed by atoms with Crippen molar-refractivity contribution in [3.63, 3.8) is 0 Å². The van der Waals surface area contributed by atoms with Crippen molar-refractivity contribution in [1.29, 1.82) is 0 Å². The van der Waals surface area contributed by atoms with Gasteiger partial charge in [-0.15, -0.1) is 0 Å². The molecule has 0 aromatic carbocycles. The summed E-state index contributed by atoms with van der Waals surface area (Å²) in [5.41, 5.74) is 0.710. The van der Waals surface area contributed by atoms with Crippen LogP contribution in [0.4, 0.5) is 5.69 Å². The SMILES string of the molecule is [C-]#[N+]c1csc(Br)c1. The van der Waals surface area contributed by atoms with E-state index in [1.807, 2.05) is 5.38 Å². The Morgan fingerprint density at radius 1 is 1.75 bits per heavy atom. The van der Waals surface area contributed by atoms with Crippen LogP contribution >= 0.6 is 27.3 Å². The lowest BCUT2D eigenvalue weighted by Crippen LogP contribution is -1.38. The smallest absolute Gasteiger partial charge is 0.198 e. The van der Waals surface area contributed by atoms with E-state index in [9.17, 15) is 0 Å². The summed E-state index contributed by atoms with van der Waals surface area (Å²) in [6.45, 7) is 6.57. The second-order valence-electron chi connectivity index (χ2n) is 1.22. The van der Waals surface area contributed by atoms with Gasteiger partial charge in [0.1, 0.15) is 0 Å². The highest BCUT2D eigenvalue weighted by Crippen LogP contribution is 2.25. The molecule has 0 radical (unpaired) electrons. The van der Waals surface area contributed by atoms with Gasteiger partial charge in [0.25, 0.3) is 0 Å². The number of thiophene rings is 1. The normalized spacial score (nSPS) is 8.50. The van der Waals surface area contributed by atoms with Crippen molar-refractivity contribution in [1.82, 2.24) is 0 Å². The Bertz CT molecular complexity index is 223. The zero-order valence-electron chi connectivity index (χ0n) is 3.89. The molecule has 40 valence electrons. The molecule has 0 aliphatic carbocycles. The predicted molar refractivity (Wildman–Crippen MR) is 38.3 cm³/mol. The molecule has 1 aromatic heterocycles. The fourth-order valence-corrected chi connectivity index (χ4v) is 1.42. The van der Waals surface area contributed by atoms with Gasteiger partial charge in [-0.25, -0.2) is 4.85 Å². The Morgan fingerprint density at radius 3 is 2.75 bits per heavy atom. The average Bonchev–Trinajstić information content (AvgIpc) is 2.14.